The van der Waals surface area contributed by atoms with E-state index in [0.29, 0.717) is 0 Å². The van der Waals surface area contributed by atoms with Gasteiger partial charge in [0.15, 0.2) is 5.16 Å². The molecule has 2 nitrogen and oxygen atoms in total. The third-order valence-electron chi connectivity index (χ3n) is 1.97. The highest BCUT2D eigenvalue weighted by Gasteiger charge is 2.15. The van der Waals surface area contributed by atoms with Gasteiger partial charge in [-0.3, -0.25) is 0 Å². The highest BCUT2D eigenvalue weighted by atomic mass is 32.2. The van der Waals surface area contributed by atoms with E-state index in [9.17, 15) is 0 Å². The Kier molecular flexibility index (Phi) is 1.27. The topological polar surface area (TPSA) is 17.8 Å². The van der Waals surface area contributed by atoms with Crippen molar-refractivity contribution in [1.82, 2.24) is 9.55 Å². The van der Waals surface area contributed by atoms with Crippen LogP contribution in [0.2, 0.25) is 0 Å². The molecule has 0 fully saturated rings. The van der Waals surface area contributed by atoms with Crippen molar-refractivity contribution in [2.24, 2.45) is 0 Å². The van der Waals surface area contributed by atoms with Crippen LogP contribution in [-0.4, -0.2) is 15.3 Å². The number of aromatic nitrogens is 2. The number of hydrogen-bond acceptors (Lipinski definition) is 2. The van der Waals surface area contributed by atoms with Crippen LogP contribution in [0.4, 0.5) is 0 Å². The van der Waals surface area contributed by atoms with Crippen LogP contribution < -0.4 is 0 Å². The van der Waals surface area contributed by atoms with E-state index in [1.807, 2.05) is 11.8 Å². The minimum atomic E-state index is 1.15. The summed E-state index contributed by atoms with van der Waals surface area (Å²) in [5.41, 5.74) is 2.52. The zero-order valence-electron chi connectivity index (χ0n) is 6.22. The van der Waals surface area contributed by atoms with Gasteiger partial charge in [-0.05, 0) is 13.8 Å². The number of hydrogen-bond donors (Lipinski definition) is 0. The first kappa shape index (κ1) is 6.28. The van der Waals surface area contributed by atoms with Crippen LogP contribution in [0.25, 0.3) is 0 Å². The van der Waals surface area contributed by atoms with Gasteiger partial charge in [0.05, 0.1) is 5.69 Å². The first-order valence-electron chi connectivity index (χ1n) is 3.45. The molecule has 0 unspecified atom stereocenters. The van der Waals surface area contributed by atoms with Crippen molar-refractivity contribution >= 4 is 11.8 Å². The molecule has 0 aromatic carbocycles. The maximum absolute atomic E-state index is 4.42. The molecule has 0 atom stereocenters. The minimum Gasteiger partial charge on any atom is -0.322 e. The summed E-state index contributed by atoms with van der Waals surface area (Å²) in [4.78, 5) is 4.42. The van der Waals surface area contributed by atoms with Gasteiger partial charge in [-0.1, -0.05) is 11.8 Å². The van der Waals surface area contributed by atoms with Crippen LogP contribution in [0.15, 0.2) is 5.16 Å². The smallest absolute Gasteiger partial charge is 0.168 e. The van der Waals surface area contributed by atoms with Crippen LogP contribution in [0.1, 0.15) is 11.4 Å². The summed E-state index contributed by atoms with van der Waals surface area (Å²) in [6, 6.07) is 0. The fourth-order valence-corrected chi connectivity index (χ4v) is 2.27. The Hall–Kier alpha value is -0.440. The molecule has 0 N–H and O–H groups in total. The van der Waals surface area contributed by atoms with E-state index in [0.717, 1.165) is 6.54 Å². The third-order valence-corrected chi connectivity index (χ3v) is 2.93. The fraction of sp³-hybridized carbons (Fsp3) is 0.571. The SMILES string of the molecule is Cc1nc2n(c1C)CCS2. The normalized spacial score (nSPS) is 15.8. The molecule has 2 heterocycles. The second-order valence-corrected chi connectivity index (χ2v) is 3.63. The molecule has 54 valence electrons. The van der Waals surface area contributed by atoms with E-state index in [1.165, 1.54) is 22.3 Å². The van der Waals surface area contributed by atoms with Crippen molar-refractivity contribution < 1.29 is 0 Å². The van der Waals surface area contributed by atoms with Gasteiger partial charge in [0.1, 0.15) is 0 Å². The van der Waals surface area contributed by atoms with Crippen molar-refractivity contribution in [1.29, 1.82) is 0 Å². The van der Waals surface area contributed by atoms with Crippen LogP contribution >= 0.6 is 11.8 Å². The highest BCUT2D eigenvalue weighted by Crippen LogP contribution is 2.26. The highest BCUT2D eigenvalue weighted by molar-refractivity contribution is 7.99. The van der Waals surface area contributed by atoms with Crippen LogP contribution in [-0.2, 0) is 6.54 Å². The molecule has 0 saturated heterocycles. The standard InChI is InChI=1S/C7H10N2S/c1-5-6(2)9-3-4-10-7(9)8-5/h3-4H2,1-2H3. The number of thioether (sulfide) groups is 1. The average molecular weight is 154 g/mol. The Morgan fingerprint density at radius 2 is 2.30 bits per heavy atom. The predicted molar refractivity (Wildman–Crippen MR) is 42.4 cm³/mol. The molecular weight excluding hydrogens is 144 g/mol. The summed E-state index contributed by atoms with van der Waals surface area (Å²) in [5.74, 6) is 1.20. The molecule has 1 aromatic heterocycles. The molecule has 0 radical (unpaired) electrons. The van der Waals surface area contributed by atoms with Gasteiger partial charge < -0.3 is 4.57 Å². The Morgan fingerprint density at radius 1 is 1.50 bits per heavy atom. The number of imidazole rings is 1. The van der Waals surface area contributed by atoms with E-state index >= 15 is 0 Å². The van der Waals surface area contributed by atoms with Crippen molar-refractivity contribution in [2.75, 3.05) is 5.75 Å². The lowest BCUT2D eigenvalue weighted by atomic mass is 10.4. The number of aryl methyl sites for hydroxylation is 1. The first-order valence-corrected chi connectivity index (χ1v) is 4.44. The maximum atomic E-state index is 4.42. The van der Waals surface area contributed by atoms with Gasteiger partial charge in [-0.2, -0.15) is 0 Å². The average Bonchev–Trinajstić information content (AvgIpc) is 2.41. The fourth-order valence-electron chi connectivity index (χ4n) is 1.23. The van der Waals surface area contributed by atoms with Crippen molar-refractivity contribution in [3.8, 4) is 0 Å². The minimum absolute atomic E-state index is 1.15. The lowest BCUT2D eigenvalue weighted by molar-refractivity contribution is 0.698. The summed E-state index contributed by atoms with van der Waals surface area (Å²) in [6.07, 6.45) is 0. The van der Waals surface area contributed by atoms with Crippen molar-refractivity contribution in [3.05, 3.63) is 11.4 Å². The number of fused-ring (bicyclic) bond motifs is 1. The van der Waals surface area contributed by atoms with Gasteiger partial charge in [0.25, 0.3) is 0 Å². The molecule has 0 saturated carbocycles. The predicted octanol–water partition coefficient (Wildman–Crippen LogP) is 1.61. The van der Waals surface area contributed by atoms with Gasteiger partial charge in [-0.25, -0.2) is 4.98 Å². The lowest BCUT2D eigenvalue weighted by Crippen LogP contribution is -1.95. The largest absolute Gasteiger partial charge is 0.322 e. The molecule has 0 spiro atoms. The van der Waals surface area contributed by atoms with E-state index in [1.54, 1.807) is 0 Å². The van der Waals surface area contributed by atoms with Gasteiger partial charge in [0.2, 0.25) is 0 Å². The monoisotopic (exact) mass is 154 g/mol. The van der Waals surface area contributed by atoms with E-state index < -0.39 is 0 Å². The maximum Gasteiger partial charge on any atom is 0.168 e. The molecule has 1 aliphatic rings. The molecule has 10 heavy (non-hydrogen) atoms. The summed E-state index contributed by atoms with van der Waals surface area (Å²) >= 11 is 1.85. The molecule has 0 amide bonds. The Labute approximate surface area is 64.6 Å². The third kappa shape index (κ3) is 0.700. The summed E-state index contributed by atoms with van der Waals surface area (Å²) in [7, 11) is 0. The lowest BCUT2D eigenvalue weighted by Gasteiger charge is -1.96. The van der Waals surface area contributed by atoms with Gasteiger partial charge in [0, 0.05) is 18.0 Å². The molecule has 1 aliphatic heterocycles. The van der Waals surface area contributed by atoms with Crippen LogP contribution in [0, 0.1) is 13.8 Å². The molecular formula is C7H10N2S. The molecule has 2 rings (SSSR count). The van der Waals surface area contributed by atoms with Crippen molar-refractivity contribution in [3.63, 3.8) is 0 Å². The van der Waals surface area contributed by atoms with Gasteiger partial charge in [-0.15, -0.1) is 0 Å². The van der Waals surface area contributed by atoms with Crippen molar-refractivity contribution in [2.45, 2.75) is 25.5 Å². The first-order chi connectivity index (χ1) is 4.79. The molecule has 3 heteroatoms. The van der Waals surface area contributed by atoms with Crippen LogP contribution in [0.3, 0.4) is 0 Å². The van der Waals surface area contributed by atoms with E-state index in [4.69, 9.17) is 0 Å². The summed E-state index contributed by atoms with van der Waals surface area (Å²) in [6.45, 7) is 5.35. The summed E-state index contributed by atoms with van der Waals surface area (Å²) in [5, 5.41) is 1.20. The Morgan fingerprint density at radius 3 is 3.00 bits per heavy atom. The quantitative estimate of drug-likeness (QED) is 0.565. The Bertz CT molecular complexity index is 265. The van der Waals surface area contributed by atoms with Crippen LogP contribution in [0.5, 0.6) is 0 Å². The Balaban J connectivity index is 2.59. The number of rotatable bonds is 0. The van der Waals surface area contributed by atoms with Gasteiger partial charge >= 0.3 is 0 Å². The zero-order chi connectivity index (χ0) is 7.14. The molecule has 1 aromatic rings. The molecule has 0 bridgehead atoms. The second-order valence-electron chi connectivity index (χ2n) is 2.57. The van der Waals surface area contributed by atoms with E-state index in [-0.39, 0.29) is 0 Å². The molecule has 0 aliphatic carbocycles. The zero-order valence-corrected chi connectivity index (χ0v) is 7.03. The number of nitrogens with zero attached hydrogens (tertiary/aromatic N) is 2. The summed E-state index contributed by atoms with van der Waals surface area (Å²) < 4.78 is 2.29. The second kappa shape index (κ2) is 2.02. The van der Waals surface area contributed by atoms with E-state index in [2.05, 4.69) is 23.4 Å².